The lowest BCUT2D eigenvalue weighted by Gasteiger charge is -2.11. The van der Waals surface area contributed by atoms with E-state index in [4.69, 9.17) is 9.47 Å². The maximum absolute atomic E-state index is 11.9. The van der Waals surface area contributed by atoms with Crippen molar-refractivity contribution < 1.29 is 19.1 Å². The molecule has 0 saturated heterocycles. The Kier molecular flexibility index (Phi) is 6.19. The largest absolute Gasteiger partial charge is 0.493 e. The average molecular weight is 328 g/mol. The standard InChI is InChI=1S/C18H20N2O4/c1-3-17(21)19-13-8-10-14(11-9-13)20-18(22)12-24-16-7-5-4-6-15(16)23-2/h4-11H,3,12H2,1-2H3,(H,19,21)(H,20,22). The summed E-state index contributed by atoms with van der Waals surface area (Å²) in [6.45, 7) is 1.65. The summed E-state index contributed by atoms with van der Waals surface area (Å²) in [5.74, 6) is 0.734. The lowest BCUT2D eigenvalue weighted by Crippen LogP contribution is -2.20. The maximum atomic E-state index is 11.9. The molecule has 2 aromatic rings. The number of rotatable bonds is 7. The van der Waals surface area contributed by atoms with Gasteiger partial charge in [-0.15, -0.1) is 0 Å². The molecule has 2 rings (SSSR count). The zero-order chi connectivity index (χ0) is 17.4. The minimum atomic E-state index is -0.286. The van der Waals surface area contributed by atoms with Crippen LogP contribution in [0.1, 0.15) is 13.3 Å². The monoisotopic (exact) mass is 328 g/mol. The molecule has 0 radical (unpaired) electrons. The van der Waals surface area contributed by atoms with Crippen LogP contribution in [0, 0.1) is 0 Å². The predicted molar refractivity (Wildman–Crippen MR) is 92.5 cm³/mol. The minimum absolute atomic E-state index is 0.0583. The number of benzene rings is 2. The number of carbonyl (C=O) groups is 2. The van der Waals surface area contributed by atoms with Gasteiger partial charge in [-0.25, -0.2) is 0 Å². The van der Waals surface area contributed by atoms with Gasteiger partial charge in [-0.3, -0.25) is 9.59 Å². The lowest BCUT2D eigenvalue weighted by molar-refractivity contribution is -0.118. The first-order chi connectivity index (χ1) is 11.6. The molecular weight excluding hydrogens is 308 g/mol. The molecule has 2 N–H and O–H groups in total. The molecule has 24 heavy (non-hydrogen) atoms. The van der Waals surface area contributed by atoms with Gasteiger partial charge in [0.25, 0.3) is 5.91 Å². The number of hydrogen-bond donors (Lipinski definition) is 2. The Labute approximate surface area is 140 Å². The van der Waals surface area contributed by atoms with E-state index in [-0.39, 0.29) is 18.4 Å². The Bertz CT molecular complexity index is 698. The summed E-state index contributed by atoms with van der Waals surface area (Å²) in [4.78, 5) is 23.3. The topological polar surface area (TPSA) is 76.7 Å². The van der Waals surface area contributed by atoms with E-state index < -0.39 is 0 Å². The highest BCUT2D eigenvalue weighted by Gasteiger charge is 2.07. The third-order valence-electron chi connectivity index (χ3n) is 3.20. The highest BCUT2D eigenvalue weighted by molar-refractivity contribution is 5.93. The summed E-state index contributed by atoms with van der Waals surface area (Å²) in [5.41, 5.74) is 1.31. The number of hydrogen-bond acceptors (Lipinski definition) is 4. The summed E-state index contributed by atoms with van der Waals surface area (Å²) in [7, 11) is 1.54. The third-order valence-corrected chi connectivity index (χ3v) is 3.20. The number of ether oxygens (including phenoxy) is 2. The number of para-hydroxylation sites is 2. The quantitative estimate of drug-likeness (QED) is 0.819. The van der Waals surface area contributed by atoms with E-state index in [9.17, 15) is 9.59 Å². The van der Waals surface area contributed by atoms with Crippen LogP contribution in [0.25, 0.3) is 0 Å². The first-order valence-corrected chi connectivity index (χ1v) is 7.58. The highest BCUT2D eigenvalue weighted by Crippen LogP contribution is 2.25. The van der Waals surface area contributed by atoms with E-state index in [0.717, 1.165) is 0 Å². The van der Waals surface area contributed by atoms with E-state index >= 15 is 0 Å². The first kappa shape index (κ1) is 17.3. The van der Waals surface area contributed by atoms with Crippen LogP contribution in [0.5, 0.6) is 11.5 Å². The summed E-state index contributed by atoms with van der Waals surface area (Å²) in [6, 6.07) is 14.0. The molecule has 0 spiro atoms. The van der Waals surface area contributed by atoms with Gasteiger partial charge in [-0.2, -0.15) is 0 Å². The number of methoxy groups -OCH3 is 1. The van der Waals surface area contributed by atoms with E-state index in [1.54, 1.807) is 56.5 Å². The van der Waals surface area contributed by atoms with Gasteiger partial charge in [0.2, 0.25) is 5.91 Å². The van der Waals surface area contributed by atoms with Gasteiger partial charge in [0, 0.05) is 17.8 Å². The molecule has 2 aromatic carbocycles. The zero-order valence-electron chi connectivity index (χ0n) is 13.7. The van der Waals surface area contributed by atoms with Crippen molar-refractivity contribution in [2.75, 3.05) is 24.4 Å². The molecule has 0 bridgehead atoms. The van der Waals surface area contributed by atoms with Crippen LogP contribution in [0.15, 0.2) is 48.5 Å². The predicted octanol–water partition coefficient (Wildman–Crippen LogP) is 3.06. The van der Waals surface area contributed by atoms with Crippen molar-refractivity contribution in [2.45, 2.75) is 13.3 Å². The zero-order valence-corrected chi connectivity index (χ0v) is 13.7. The molecule has 6 heteroatoms. The molecule has 0 saturated carbocycles. The van der Waals surface area contributed by atoms with Crippen LogP contribution in [-0.2, 0) is 9.59 Å². The normalized spacial score (nSPS) is 9.92. The molecule has 0 heterocycles. The second-order valence-corrected chi connectivity index (χ2v) is 4.97. The third kappa shape index (κ3) is 5.01. The van der Waals surface area contributed by atoms with Gasteiger partial charge in [0.15, 0.2) is 18.1 Å². The van der Waals surface area contributed by atoms with Gasteiger partial charge in [-0.05, 0) is 36.4 Å². The molecular formula is C18H20N2O4. The summed E-state index contributed by atoms with van der Waals surface area (Å²) >= 11 is 0. The Balaban J connectivity index is 1.87. The summed E-state index contributed by atoms with van der Waals surface area (Å²) in [6.07, 6.45) is 0.415. The van der Waals surface area contributed by atoms with Gasteiger partial charge < -0.3 is 20.1 Å². The van der Waals surface area contributed by atoms with Crippen LogP contribution in [-0.4, -0.2) is 25.5 Å². The number of carbonyl (C=O) groups excluding carboxylic acids is 2. The van der Waals surface area contributed by atoms with Crippen LogP contribution in [0.2, 0.25) is 0 Å². The van der Waals surface area contributed by atoms with E-state index in [1.165, 1.54) is 0 Å². The Hall–Kier alpha value is -3.02. The van der Waals surface area contributed by atoms with Crippen LogP contribution in [0.3, 0.4) is 0 Å². The van der Waals surface area contributed by atoms with Crippen LogP contribution in [0.4, 0.5) is 11.4 Å². The summed E-state index contributed by atoms with van der Waals surface area (Å²) in [5, 5.41) is 5.47. The number of anilines is 2. The van der Waals surface area contributed by atoms with Gasteiger partial charge in [0.1, 0.15) is 0 Å². The smallest absolute Gasteiger partial charge is 0.262 e. The Morgan fingerprint density at radius 1 is 0.875 bits per heavy atom. The number of nitrogens with one attached hydrogen (secondary N) is 2. The fraction of sp³-hybridized carbons (Fsp3) is 0.222. The Morgan fingerprint density at radius 2 is 1.42 bits per heavy atom. The molecule has 0 atom stereocenters. The SMILES string of the molecule is CCC(=O)Nc1ccc(NC(=O)COc2ccccc2OC)cc1. The van der Waals surface area contributed by atoms with Crippen LogP contribution >= 0.6 is 0 Å². The first-order valence-electron chi connectivity index (χ1n) is 7.58. The molecule has 0 aromatic heterocycles. The van der Waals surface area contributed by atoms with Gasteiger partial charge >= 0.3 is 0 Å². The molecule has 0 aliphatic rings. The van der Waals surface area contributed by atoms with Crippen molar-refractivity contribution in [3.63, 3.8) is 0 Å². The molecule has 6 nitrogen and oxygen atoms in total. The molecule has 0 aliphatic carbocycles. The average Bonchev–Trinajstić information content (AvgIpc) is 2.61. The molecule has 0 fully saturated rings. The van der Waals surface area contributed by atoms with Gasteiger partial charge in [-0.1, -0.05) is 19.1 Å². The minimum Gasteiger partial charge on any atom is -0.493 e. The van der Waals surface area contributed by atoms with E-state index in [0.29, 0.717) is 29.3 Å². The number of amides is 2. The molecule has 2 amide bonds. The molecule has 0 aliphatic heterocycles. The maximum Gasteiger partial charge on any atom is 0.262 e. The van der Waals surface area contributed by atoms with Crippen molar-refractivity contribution in [1.82, 2.24) is 0 Å². The van der Waals surface area contributed by atoms with Crippen molar-refractivity contribution >= 4 is 23.2 Å². The van der Waals surface area contributed by atoms with Crippen molar-refractivity contribution in [1.29, 1.82) is 0 Å². The fourth-order valence-electron chi connectivity index (χ4n) is 1.96. The highest BCUT2D eigenvalue weighted by atomic mass is 16.5. The van der Waals surface area contributed by atoms with Crippen molar-refractivity contribution in [3.05, 3.63) is 48.5 Å². The summed E-state index contributed by atoms with van der Waals surface area (Å²) < 4.78 is 10.6. The van der Waals surface area contributed by atoms with Crippen molar-refractivity contribution in [3.8, 4) is 11.5 Å². The van der Waals surface area contributed by atoms with Crippen LogP contribution < -0.4 is 20.1 Å². The Morgan fingerprint density at radius 3 is 1.96 bits per heavy atom. The molecule has 0 unspecified atom stereocenters. The fourth-order valence-corrected chi connectivity index (χ4v) is 1.96. The second kappa shape index (κ2) is 8.57. The van der Waals surface area contributed by atoms with Crippen molar-refractivity contribution in [2.24, 2.45) is 0 Å². The van der Waals surface area contributed by atoms with E-state index in [2.05, 4.69) is 10.6 Å². The molecule has 126 valence electrons. The van der Waals surface area contributed by atoms with E-state index in [1.807, 2.05) is 6.07 Å². The lowest BCUT2D eigenvalue weighted by atomic mass is 10.2. The second-order valence-electron chi connectivity index (χ2n) is 4.97. The van der Waals surface area contributed by atoms with Gasteiger partial charge in [0.05, 0.1) is 7.11 Å².